The highest BCUT2D eigenvalue weighted by molar-refractivity contribution is 9.10. The third kappa shape index (κ3) is 3.29. The number of rotatable bonds is 5. The quantitative estimate of drug-likeness (QED) is 0.781. The Morgan fingerprint density at radius 1 is 1.33 bits per heavy atom. The van der Waals surface area contributed by atoms with Gasteiger partial charge in [0.1, 0.15) is 16.2 Å². The van der Waals surface area contributed by atoms with E-state index in [1.807, 2.05) is 6.07 Å². The van der Waals surface area contributed by atoms with Gasteiger partial charge in [0.15, 0.2) is 0 Å². The van der Waals surface area contributed by atoms with Gasteiger partial charge in [-0.1, -0.05) is 13.0 Å². The van der Waals surface area contributed by atoms with Gasteiger partial charge in [0.05, 0.1) is 6.54 Å². The predicted octanol–water partition coefficient (Wildman–Crippen LogP) is 3.89. The number of hydrogen-bond acceptors (Lipinski definition) is 4. The molecule has 2 aromatic heterocycles. The zero-order valence-corrected chi connectivity index (χ0v) is 13.0. The van der Waals surface area contributed by atoms with Gasteiger partial charge in [-0.3, -0.25) is 0 Å². The minimum Gasteiger partial charge on any atom is -0.352 e. The van der Waals surface area contributed by atoms with Gasteiger partial charge in [0.2, 0.25) is 0 Å². The van der Waals surface area contributed by atoms with Gasteiger partial charge in [-0.15, -0.1) is 11.3 Å². The summed E-state index contributed by atoms with van der Waals surface area (Å²) in [5.74, 6) is 1.87. The Kier molecular flexibility index (Phi) is 4.72. The molecule has 0 unspecified atom stereocenters. The molecule has 0 aliphatic rings. The molecule has 0 radical (unpaired) electrons. The third-order valence-electron chi connectivity index (χ3n) is 2.68. The summed E-state index contributed by atoms with van der Waals surface area (Å²) in [6.07, 6.45) is 0.850. The first kappa shape index (κ1) is 13.5. The lowest BCUT2D eigenvalue weighted by Gasteiger charge is -2.21. The molecule has 0 amide bonds. The highest BCUT2D eigenvalue weighted by Crippen LogP contribution is 2.20. The van der Waals surface area contributed by atoms with Crippen molar-refractivity contribution in [3.05, 3.63) is 38.9 Å². The van der Waals surface area contributed by atoms with Crippen molar-refractivity contribution in [2.75, 3.05) is 11.4 Å². The van der Waals surface area contributed by atoms with Gasteiger partial charge < -0.3 is 4.90 Å². The van der Waals surface area contributed by atoms with Crippen LogP contribution in [0.15, 0.2) is 28.2 Å². The average Bonchev–Trinajstić information content (AvgIpc) is 2.88. The molecule has 96 valence electrons. The van der Waals surface area contributed by atoms with Crippen molar-refractivity contribution in [3.63, 3.8) is 0 Å². The van der Waals surface area contributed by atoms with E-state index in [1.54, 1.807) is 11.3 Å². The van der Waals surface area contributed by atoms with Crippen LogP contribution < -0.4 is 4.90 Å². The second-order valence-electron chi connectivity index (χ2n) is 3.91. The summed E-state index contributed by atoms with van der Waals surface area (Å²) in [7, 11) is 0. The Morgan fingerprint density at radius 2 is 2.17 bits per heavy atom. The molecule has 0 aliphatic carbocycles. The lowest BCUT2D eigenvalue weighted by molar-refractivity contribution is 0.801. The zero-order chi connectivity index (χ0) is 13.0. The maximum Gasteiger partial charge on any atom is 0.133 e. The first-order valence-corrected chi connectivity index (χ1v) is 7.71. The summed E-state index contributed by atoms with van der Waals surface area (Å²) in [6, 6.07) is 6.22. The van der Waals surface area contributed by atoms with Crippen LogP contribution in [-0.4, -0.2) is 16.5 Å². The fourth-order valence-electron chi connectivity index (χ4n) is 1.72. The molecule has 3 nitrogen and oxygen atoms in total. The number of aromatic nitrogens is 2. The number of hydrogen-bond donors (Lipinski definition) is 0. The maximum atomic E-state index is 4.59. The summed E-state index contributed by atoms with van der Waals surface area (Å²) >= 11 is 5.23. The standard InChI is InChI=1S/C13H16BrN3S/c1-3-12-15-11(14)8-13(16-12)17(4-2)9-10-6-5-7-18-10/h5-8H,3-4,9H2,1-2H3. The van der Waals surface area contributed by atoms with E-state index < -0.39 is 0 Å². The number of nitrogens with zero attached hydrogens (tertiary/aromatic N) is 3. The minimum absolute atomic E-state index is 0.850. The summed E-state index contributed by atoms with van der Waals surface area (Å²) in [5.41, 5.74) is 0. The van der Waals surface area contributed by atoms with E-state index in [0.29, 0.717) is 0 Å². The SMILES string of the molecule is CCc1nc(Br)cc(N(CC)Cc2cccs2)n1. The molecule has 0 bridgehead atoms. The molecule has 2 rings (SSSR count). The zero-order valence-electron chi connectivity index (χ0n) is 10.6. The van der Waals surface area contributed by atoms with Gasteiger partial charge in [-0.2, -0.15) is 0 Å². The van der Waals surface area contributed by atoms with Crippen molar-refractivity contribution >= 4 is 33.1 Å². The molecule has 0 saturated heterocycles. The second-order valence-corrected chi connectivity index (χ2v) is 5.76. The Bertz CT molecular complexity index is 499. The molecule has 0 atom stereocenters. The molecule has 0 aromatic carbocycles. The van der Waals surface area contributed by atoms with E-state index in [1.165, 1.54) is 4.88 Å². The molecular formula is C13H16BrN3S. The second kappa shape index (κ2) is 6.29. The lowest BCUT2D eigenvalue weighted by Crippen LogP contribution is -2.23. The van der Waals surface area contributed by atoms with E-state index in [-0.39, 0.29) is 0 Å². The first-order valence-electron chi connectivity index (χ1n) is 6.03. The molecule has 2 heterocycles. The fourth-order valence-corrected chi connectivity index (χ4v) is 2.85. The van der Waals surface area contributed by atoms with E-state index in [4.69, 9.17) is 0 Å². The Balaban J connectivity index is 2.24. The van der Waals surface area contributed by atoms with Crippen molar-refractivity contribution in [1.82, 2.24) is 9.97 Å². The maximum absolute atomic E-state index is 4.59. The van der Waals surface area contributed by atoms with Gasteiger partial charge in [-0.05, 0) is 34.3 Å². The van der Waals surface area contributed by atoms with E-state index in [2.05, 4.69) is 62.2 Å². The highest BCUT2D eigenvalue weighted by Gasteiger charge is 2.10. The minimum atomic E-state index is 0.850. The van der Waals surface area contributed by atoms with E-state index in [0.717, 1.165) is 35.8 Å². The number of halogens is 1. The van der Waals surface area contributed by atoms with Crippen molar-refractivity contribution in [2.45, 2.75) is 26.8 Å². The topological polar surface area (TPSA) is 29.0 Å². The Labute approximate surface area is 120 Å². The van der Waals surface area contributed by atoms with Crippen LogP contribution >= 0.6 is 27.3 Å². The van der Waals surface area contributed by atoms with Gasteiger partial charge in [-0.25, -0.2) is 9.97 Å². The van der Waals surface area contributed by atoms with Crippen LogP contribution in [0.4, 0.5) is 5.82 Å². The van der Waals surface area contributed by atoms with Crippen LogP contribution in [-0.2, 0) is 13.0 Å². The fraction of sp³-hybridized carbons (Fsp3) is 0.385. The van der Waals surface area contributed by atoms with Crippen LogP contribution in [0.1, 0.15) is 24.5 Å². The Morgan fingerprint density at radius 3 is 2.78 bits per heavy atom. The van der Waals surface area contributed by atoms with Gasteiger partial charge in [0.25, 0.3) is 0 Å². The monoisotopic (exact) mass is 325 g/mol. The van der Waals surface area contributed by atoms with E-state index in [9.17, 15) is 0 Å². The van der Waals surface area contributed by atoms with Crippen molar-refractivity contribution in [3.8, 4) is 0 Å². The van der Waals surface area contributed by atoms with Crippen molar-refractivity contribution in [2.24, 2.45) is 0 Å². The molecule has 2 aromatic rings. The highest BCUT2D eigenvalue weighted by atomic mass is 79.9. The van der Waals surface area contributed by atoms with Crippen molar-refractivity contribution < 1.29 is 0 Å². The molecule has 0 N–H and O–H groups in total. The van der Waals surface area contributed by atoms with Crippen LogP contribution in [0.5, 0.6) is 0 Å². The molecule has 0 spiro atoms. The molecule has 0 saturated carbocycles. The van der Waals surface area contributed by atoms with Gasteiger partial charge in [0, 0.05) is 23.9 Å². The predicted molar refractivity (Wildman–Crippen MR) is 80.2 cm³/mol. The van der Waals surface area contributed by atoms with E-state index >= 15 is 0 Å². The van der Waals surface area contributed by atoms with Crippen LogP contribution in [0.2, 0.25) is 0 Å². The summed E-state index contributed by atoms with van der Waals surface area (Å²) in [4.78, 5) is 12.6. The summed E-state index contributed by atoms with van der Waals surface area (Å²) < 4.78 is 0.856. The third-order valence-corrected chi connectivity index (χ3v) is 3.94. The largest absolute Gasteiger partial charge is 0.352 e. The van der Waals surface area contributed by atoms with Crippen molar-refractivity contribution in [1.29, 1.82) is 0 Å². The lowest BCUT2D eigenvalue weighted by atomic mass is 10.3. The molecule has 18 heavy (non-hydrogen) atoms. The van der Waals surface area contributed by atoms with Gasteiger partial charge >= 0.3 is 0 Å². The molecular weight excluding hydrogens is 310 g/mol. The smallest absolute Gasteiger partial charge is 0.133 e. The molecule has 0 aliphatic heterocycles. The summed E-state index contributed by atoms with van der Waals surface area (Å²) in [5, 5.41) is 2.11. The molecule has 0 fully saturated rings. The van der Waals surface area contributed by atoms with Crippen LogP contribution in [0, 0.1) is 0 Å². The van der Waals surface area contributed by atoms with Crippen LogP contribution in [0.25, 0.3) is 0 Å². The average molecular weight is 326 g/mol. The number of thiophene rings is 1. The summed E-state index contributed by atoms with van der Waals surface area (Å²) in [6.45, 7) is 6.06. The number of anilines is 1. The first-order chi connectivity index (χ1) is 8.72. The Hall–Kier alpha value is -0.940. The van der Waals surface area contributed by atoms with Crippen LogP contribution in [0.3, 0.4) is 0 Å². The molecule has 5 heteroatoms. The normalized spacial score (nSPS) is 10.6. The number of aryl methyl sites for hydroxylation is 1.